The minimum Gasteiger partial charge on any atom is -0.429 e. The number of rotatable bonds is 7. The van der Waals surface area contributed by atoms with Crippen LogP contribution in [0.15, 0.2) is 73.3 Å². The first-order chi connectivity index (χ1) is 16.8. The molecular weight excluding hydrogens is 448 g/mol. The topological polar surface area (TPSA) is 72.5 Å². The molecule has 188 valence electrons. The maximum absolute atomic E-state index is 12.8. The molecule has 0 aliphatic carbocycles. The highest BCUT2D eigenvalue weighted by Gasteiger charge is 2.52. The third kappa shape index (κ3) is 6.70. The first-order valence-corrected chi connectivity index (χ1v) is 12.0. The predicted octanol–water partition coefficient (Wildman–Crippen LogP) is 5.35. The van der Waals surface area contributed by atoms with Crippen molar-refractivity contribution in [1.29, 1.82) is 0 Å². The fourth-order valence-corrected chi connectivity index (χ4v) is 4.28. The van der Waals surface area contributed by atoms with Gasteiger partial charge in [0.2, 0.25) is 0 Å². The Bertz CT molecular complexity index is 956. The van der Waals surface area contributed by atoms with E-state index in [0.29, 0.717) is 13.0 Å². The van der Waals surface area contributed by atoms with Gasteiger partial charge in [0, 0.05) is 5.56 Å². The Morgan fingerprint density at radius 1 is 1.03 bits per heavy atom. The summed E-state index contributed by atoms with van der Waals surface area (Å²) in [5, 5.41) is 0. The van der Waals surface area contributed by atoms with Crippen LogP contribution < -0.4 is 0 Å². The van der Waals surface area contributed by atoms with Crippen molar-refractivity contribution in [2.24, 2.45) is 0 Å². The highest BCUT2D eigenvalue weighted by atomic mass is 16.8. The molecule has 0 aromatic heterocycles. The van der Waals surface area contributed by atoms with Crippen molar-refractivity contribution < 1.29 is 33.2 Å². The van der Waals surface area contributed by atoms with Crippen LogP contribution in [-0.4, -0.2) is 48.9 Å². The largest absolute Gasteiger partial charge is 0.509 e. The second kappa shape index (κ2) is 11.4. The van der Waals surface area contributed by atoms with E-state index in [4.69, 9.17) is 28.4 Å². The van der Waals surface area contributed by atoms with Crippen molar-refractivity contribution in [3.05, 3.63) is 84.4 Å². The molecule has 0 spiro atoms. The molecule has 2 aromatic carbocycles. The number of hydrogen-bond acceptors (Lipinski definition) is 7. The molecule has 0 bridgehead atoms. The molecule has 0 unspecified atom stereocenters. The molecule has 0 amide bonds. The van der Waals surface area contributed by atoms with Gasteiger partial charge >= 0.3 is 6.16 Å². The molecule has 2 aliphatic heterocycles. The van der Waals surface area contributed by atoms with Crippen LogP contribution in [0, 0.1) is 0 Å². The summed E-state index contributed by atoms with van der Waals surface area (Å²) in [5.41, 5.74) is 1.17. The van der Waals surface area contributed by atoms with Gasteiger partial charge in [-0.05, 0) is 32.8 Å². The Morgan fingerprint density at radius 3 is 2.37 bits per heavy atom. The molecule has 35 heavy (non-hydrogen) atoms. The van der Waals surface area contributed by atoms with E-state index in [2.05, 4.69) is 6.58 Å². The highest BCUT2D eigenvalue weighted by Crippen LogP contribution is 2.37. The summed E-state index contributed by atoms with van der Waals surface area (Å²) in [7, 11) is 0. The van der Waals surface area contributed by atoms with Crippen LogP contribution in [-0.2, 0) is 35.0 Å². The van der Waals surface area contributed by atoms with E-state index >= 15 is 0 Å². The summed E-state index contributed by atoms with van der Waals surface area (Å²) in [6.45, 7) is 9.86. The van der Waals surface area contributed by atoms with Gasteiger partial charge in [-0.15, -0.1) is 6.58 Å². The second-order valence-corrected chi connectivity index (χ2v) is 9.72. The van der Waals surface area contributed by atoms with Gasteiger partial charge in [-0.25, -0.2) is 4.79 Å². The van der Waals surface area contributed by atoms with Crippen molar-refractivity contribution in [1.82, 2.24) is 0 Å². The summed E-state index contributed by atoms with van der Waals surface area (Å²) < 4.78 is 36.4. The van der Waals surface area contributed by atoms with Crippen molar-refractivity contribution in [2.75, 3.05) is 6.61 Å². The summed E-state index contributed by atoms with van der Waals surface area (Å²) in [6, 6.07) is 19.5. The molecule has 2 saturated heterocycles. The smallest absolute Gasteiger partial charge is 0.429 e. The van der Waals surface area contributed by atoms with E-state index in [1.807, 2.05) is 60.7 Å². The predicted molar refractivity (Wildman–Crippen MR) is 130 cm³/mol. The average molecular weight is 483 g/mol. The molecule has 2 heterocycles. The third-order valence-electron chi connectivity index (χ3n) is 5.80. The molecule has 2 fully saturated rings. The molecule has 0 radical (unpaired) electrons. The number of hydrogen-bond donors (Lipinski definition) is 0. The molecule has 2 aliphatic rings. The van der Waals surface area contributed by atoms with Crippen LogP contribution in [0.4, 0.5) is 4.79 Å². The zero-order chi connectivity index (χ0) is 24.8. The standard InChI is InChI=1S/C28H34O7/c1-5-12-21-23(30-17-19-13-8-6-9-14-19)25(34-27(29)35-28(2,3)4)24-22(32-21)18-31-26(33-24)20-15-10-7-11-16-20/h5-11,13-16,21-26H,1,12,17-18H2,2-4H3/t21-,22+,23+,24+,25+,26+/m0/s1. The molecule has 7 heteroatoms. The quantitative estimate of drug-likeness (QED) is 0.389. The lowest BCUT2D eigenvalue weighted by atomic mass is 9.92. The molecule has 4 rings (SSSR count). The molecular formula is C28H34O7. The van der Waals surface area contributed by atoms with Crippen LogP contribution in [0.5, 0.6) is 0 Å². The molecule has 2 aromatic rings. The summed E-state index contributed by atoms with van der Waals surface area (Å²) >= 11 is 0. The molecule has 6 atom stereocenters. The van der Waals surface area contributed by atoms with E-state index in [9.17, 15) is 4.79 Å². The van der Waals surface area contributed by atoms with Gasteiger partial charge in [0.15, 0.2) is 12.4 Å². The maximum atomic E-state index is 12.8. The minimum atomic E-state index is -0.778. The SMILES string of the molecule is C=CC[C@@H]1O[C@@H]2CO[C@@H](c3ccccc3)O[C@H]2[C@H](OC(=O)OC(C)(C)C)[C@@H]1OCc1ccccc1. The van der Waals surface area contributed by atoms with Crippen LogP contribution in [0.1, 0.15) is 44.6 Å². The van der Waals surface area contributed by atoms with E-state index in [0.717, 1.165) is 11.1 Å². The van der Waals surface area contributed by atoms with Crippen molar-refractivity contribution >= 4 is 6.16 Å². The fraction of sp³-hybridized carbons (Fsp3) is 0.464. The Balaban J connectivity index is 1.60. The lowest BCUT2D eigenvalue weighted by Crippen LogP contribution is -2.63. The van der Waals surface area contributed by atoms with Crippen LogP contribution in [0.3, 0.4) is 0 Å². The first-order valence-electron chi connectivity index (χ1n) is 12.0. The van der Waals surface area contributed by atoms with Gasteiger partial charge in [-0.1, -0.05) is 66.7 Å². The third-order valence-corrected chi connectivity index (χ3v) is 5.80. The number of ether oxygens (including phenoxy) is 6. The van der Waals surface area contributed by atoms with Crippen LogP contribution in [0.2, 0.25) is 0 Å². The maximum Gasteiger partial charge on any atom is 0.509 e. The fourth-order valence-electron chi connectivity index (χ4n) is 4.28. The monoisotopic (exact) mass is 482 g/mol. The lowest BCUT2D eigenvalue weighted by Gasteiger charge is -2.48. The Labute approximate surface area is 206 Å². The number of carbonyl (C=O) groups is 1. The number of benzene rings is 2. The van der Waals surface area contributed by atoms with Gasteiger partial charge < -0.3 is 28.4 Å². The minimum absolute atomic E-state index is 0.289. The van der Waals surface area contributed by atoms with E-state index in [1.165, 1.54) is 0 Å². The molecule has 0 N–H and O–H groups in total. The lowest BCUT2D eigenvalue weighted by molar-refractivity contribution is -0.333. The summed E-state index contributed by atoms with van der Waals surface area (Å²) in [5.74, 6) is 0. The Morgan fingerprint density at radius 2 is 1.71 bits per heavy atom. The number of fused-ring (bicyclic) bond motifs is 1. The molecule has 0 saturated carbocycles. The van der Waals surface area contributed by atoms with Crippen LogP contribution in [0.25, 0.3) is 0 Å². The zero-order valence-corrected chi connectivity index (χ0v) is 20.5. The Hall–Kier alpha value is -2.71. The summed E-state index contributed by atoms with van der Waals surface area (Å²) in [4.78, 5) is 12.8. The molecule has 7 nitrogen and oxygen atoms in total. The van der Waals surface area contributed by atoms with Crippen molar-refractivity contribution in [3.8, 4) is 0 Å². The van der Waals surface area contributed by atoms with E-state index in [1.54, 1.807) is 26.8 Å². The first kappa shape index (κ1) is 25.4. The van der Waals surface area contributed by atoms with Crippen molar-refractivity contribution in [3.63, 3.8) is 0 Å². The normalized spacial score (nSPS) is 28.5. The van der Waals surface area contributed by atoms with E-state index in [-0.39, 0.29) is 6.61 Å². The van der Waals surface area contributed by atoms with Gasteiger partial charge in [-0.3, -0.25) is 0 Å². The van der Waals surface area contributed by atoms with Gasteiger partial charge in [0.05, 0.1) is 19.3 Å². The van der Waals surface area contributed by atoms with Gasteiger partial charge in [0.25, 0.3) is 0 Å². The van der Waals surface area contributed by atoms with Gasteiger partial charge in [0.1, 0.15) is 23.9 Å². The average Bonchev–Trinajstić information content (AvgIpc) is 2.83. The Kier molecular flexibility index (Phi) is 8.23. The number of carbonyl (C=O) groups excluding carboxylic acids is 1. The highest BCUT2D eigenvalue weighted by molar-refractivity contribution is 5.61. The van der Waals surface area contributed by atoms with Crippen molar-refractivity contribution in [2.45, 2.75) is 76.2 Å². The van der Waals surface area contributed by atoms with Crippen LogP contribution >= 0.6 is 0 Å². The zero-order valence-electron chi connectivity index (χ0n) is 20.5. The van der Waals surface area contributed by atoms with Gasteiger partial charge in [-0.2, -0.15) is 0 Å². The second-order valence-electron chi connectivity index (χ2n) is 9.72. The van der Waals surface area contributed by atoms with E-state index < -0.39 is 48.6 Å². The summed E-state index contributed by atoms with van der Waals surface area (Å²) in [6.07, 6.45) is -1.93.